The minimum atomic E-state index is -0.391. The van der Waals surface area contributed by atoms with Crippen LogP contribution in [0.2, 0.25) is 0 Å². The Balaban J connectivity index is 2.58. The Bertz CT molecular complexity index is 605. The van der Waals surface area contributed by atoms with Crippen molar-refractivity contribution in [1.82, 2.24) is 4.98 Å². The summed E-state index contributed by atoms with van der Waals surface area (Å²) in [4.78, 5) is 14.8. The van der Waals surface area contributed by atoms with Crippen LogP contribution < -0.4 is 0 Å². The van der Waals surface area contributed by atoms with Gasteiger partial charge in [-0.25, -0.2) is 4.79 Å². The highest BCUT2D eigenvalue weighted by Crippen LogP contribution is 2.24. The van der Waals surface area contributed by atoms with E-state index in [1.165, 1.54) is 0 Å². The number of hydrogen-bond donors (Lipinski definition) is 1. The van der Waals surface area contributed by atoms with Crippen molar-refractivity contribution in [3.63, 3.8) is 0 Å². The second-order valence-corrected chi connectivity index (χ2v) is 4.09. The molecule has 0 radical (unpaired) electrons. The monoisotopic (exact) mass is 259 g/mol. The van der Waals surface area contributed by atoms with Crippen LogP contribution in [0.5, 0.6) is 0 Å². The molecule has 0 amide bonds. The van der Waals surface area contributed by atoms with Gasteiger partial charge in [0.05, 0.1) is 6.61 Å². The van der Waals surface area contributed by atoms with Crippen LogP contribution >= 0.6 is 12.2 Å². The number of carbonyl (C=O) groups is 1. The molecule has 0 aliphatic heterocycles. The van der Waals surface area contributed by atoms with Crippen molar-refractivity contribution in [1.29, 1.82) is 0 Å². The Morgan fingerprint density at radius 3 is 2.67 bits per heavy atom. The average molecular weight is 259 g/mol. The van der Waals surface area contributed by atoms with E-state index >= 15 is 0 Å². The zero-order valence-corrected chi connectivity index (χ0v) is 10.8. The van der Waals surface area contributed by atoms with Gasteiger partial charge in [0.15, 0.2) is 0 Å². The fourth-order valence-corrected chi connectivity index (χ4v) is 2.00. The van der Waals surface area contributed by atoms with E-state index in [1.807, 2.05) is 36.4 Å². The van der Waals surface area contributed by atoms with Crippen molar-refractivity contribution < 1.29 is 9.53 Å². The van der Waals surface area contributed by atoms with E-state index < -0.39 is 5.97 Å². The van der Waals surface area contributed by atoms with Gasteiger partial charge in [-0.1, -0.05) is 42.5 Å². The summed E-state index contributed by atoms with van der Waals surface area (Å²) >= 11 is 5.17. The summed E-state index contributed by atoms with van der Waals surface area (Å²) in [5, 5.41) is 0. The zero-order chi connectivity index (χ0) is 13.0. The Hall–Kier alpha value is -1.94. The third kappa shape index (κ3) is 2.49. The molecule has 0 spiro atoms. The molecule has 0 saturated carbocycles. The Morgan fingerprint density at radius 2 is 2.00 bits per heavy atom. The van der Waals surface area contributed by atoms with Crippen molar-refractivity contribution in [3.8, 4) is 11.1 Å². The van der Waals surface area contributed by atoms with E-state index in [2.05, 4.69) is 4.98 Å². The van der Waals surface area contributed by atoms with Gasteiger partial charge in [-0.05, 0) is 18.6 Å². The number of rotatable bonds is 3. The normalized spacial score (nSPS) is 10.1. The molecule has 3 nitrogen and oxygen atoms in total. The molecule has 1 aromatic heterocycles. The highest BCUT2D eigenvalue weighted by Gasteiger charge is 2.15. The molecule has 1 heterocycles. The van der Waals surface area contributed by atoms with Crippen LogP contribution in [0.15, 0.2) is 42.6 Å². The molecule has 0 unspecified atom stereocenters. The third-order valence-electron chi connectivity index (χ3n) is 2.53. The number of aromatic amines is 1. The number of carbonyl (C=O) groups excluding carboxylic acids is 1. The Labute approximate surface area is 110 Å². The summed E-state index contributed by atoms with van der Waals surface area (Å²) in [6.45, 7) is 2.10. The summed E-state index contributed by atoms with van der Waals surface area (Å²) in [7, 11) is 0. The van der Waals surface area contributed by atoms with E-state index in [1.54, 1.807) is 13.1 Å². The van der Waals surface area contributed by atoms with Crippen LogP contribution in [0.4, 0.5) is 0 Å². The molecule has 1 N–H and O–H groups in total. The number of benzene rings is 1. The van der Waals surface area contributed by atoms with Crippen LogP contribution in [-0.4, -0.2) is 17.6 Å². The maximum absolute atomic E-state index is 12.0. The quantitative estimate of drug-likeness (QED) is 0.676. The molecule has 1 aromatic carbocycles. The second kappa shape index (κ2) is 5.60. The molecule has 0 aliphatic rings. The highest BCUT2D eigenvalue weighted by atomic mass is 32.1. The number of hydrogen-bond acceptors (Lipinski definition) is 3. The lowest BCUT2D eigenvalue weighted by atomic mass is 10.0. The number of esters is 1. The molecule has 0 bridgehead atoms. The summed E-state index contributed by atoms with van der Waals surface area (Å²) in [6, 6.07) is 11.5. The number of H-pyrrole nitrogens is 1. The first-order valence-corrected chi connectivity index (χ1v) is 6.09. The molecule has 0 fully saturated rings. The van der Waals surface area contributed by atoms with Crippen LogP contribution in [0.3, 0.4) is 0 Å². The number of nitrogens with one attached hydrogen (secondary N) is 1. The standard InChI is InChI=1S/C14H13NO2S/c1-2-17-14(16)12-11(8-9-15-13(12)18)10-6-4-3-5-7-10/h3-9H,2H2,1H3,(H,15,18). The van der Waals surface area contributed by atoms with Crippen molar-refractivity contribution >= 4 is 18.2 Å². The molecular formula is C14H13NO2S. The Kier molecular flexibility index (Phi) is 3.89. The molecular weight excluding hydrogens is 246 g/mol. The first kappa shape index (κ1) is 12.5. The summed E-state index contributed by atoms with van der Waals surface area (Å²) in [6.07, 6.45) is 1.73. The SMILES string of the molecule is CCOC(=O)c1c(-c2ccccc2)cc[nH]c1=S. The van der Waals surface area contributed by atoms with Crippen molar-refractivity contribution in [2.24, 2.45) is 0 Å². The fourth-order valence-electron chi connectivity index (χ4n) is 1.74. The minimum Gasteiger partial charge on any atom is -0.462 e. The molecule has 2 aromatic rings. The van der Waals surface area contributed by atoms with Crippen LogP contribution in [0, 0.1) is 4.64 Å². The van der Waals surface area contributed by atoms with E-state index in [9.17, 15) is 4.79 Å². The van der Waals surface area contributed by atoms with Gasteiger partial charge in [0.1, 0.15) is 10.2 Å². The van der Waals surface area contributed by atoms with Crippen molar-refractivity contribution in [3.05, 3.63) is 52.8 Å². The molecule has 0 atom stereocenters. The summed E-state index contributed by atoms with van der Waals surface area (Å²) < 4.78 is 5.44. The van der Waals surface area contributed by atoms with Gasteiger partial charge in [-0.15, -0.1) is 0 Å². The smallest absolute Gasteiger partial charge is 0.341 e. The maximum Gasteiger partial charge on any atom is 0.341 e. The van der Waals surface area contributed by atoms with E-state index in [-0.39, 0.29) is 0 Å². The second-order valence-electron chi connectivity index (χ2n) is 3.68. The van der Waals surface area contributed by atoms with Gasteiger partial charge in [-0.2, -0.15) is 0 Å². The van der Waals surface area contributed by atoms with E-state index in [0.717, 1.165) is 11.1 Å². The lowest BCUT2D eigenvalue weighted by Crippen LogP contribution is -2.08. The highest BCUT2D eigenvalue weighted by molar-refractivity contribution is 7.71. The lowest BCUT2D eigenvalue weighted by Gasteiger charge is -2.08. The molecule has 18 heavy (non-hydrogen) atoms. The summed E-state index contributed by atoms with van der Waals surface area (Å²) in [5.74, 6) is -0.391. The zero-order valence-electron chi connectivity index (χ0n) is 9.97. The topological polar surface area (TPSA) is 42.1 Å². The maximum atomic E-state index is 12.0. The van der Waals surface area contributed by atoms with Gasteiger partial charge in [0.2, 0.25) is 0 Å². The van der Waals surface area contributed by atoms with Crippen molar-refractivity contribution in [2.45, 2.75) is 6.92 Å². The predicted octanol–water partition coefficient (Wildman–Crippen LogP) is 3.59. The minimum absolute atomic E-state index is 0.330. The van der Waals surface area contributed by atoms with Gasteiger partial charge in [-0.3, -0.25) is 0 Å². The number of ether oxygens (including phenoxy) is 1. The van der Waals surface area contributed by atoms with Crippen LogP contribution in [-0.2, 0) is 4.74 Å². The third-order valence-corrected chi connectivity index (χ3v) is 2.85. The first-order chi connectivity index (χ1) is 8.74. The first-order valence-electron chi connectivity index (χ1n) is 5.68. The van der Waals surface area contributed by atoms with Gasteiger partial charge < -0.3 is 9.72 Å². The van der Waals surface area contributed by atoms with Crippen LogP contribution in [0.25, 0.3) is 11.1 Å². The lowest BCUT2D eigenvalue weighted by molar-refractivity contribution is 0.0526. The van der Waals surface area contributed by atoms with Gasteiger partial charge in [0.25, 0.3) is 0 Å². The summed E-state index contributed by atoms with van der Waals surface area (Å²) in [5.41, 5.74) is 2.15. The van der Waals surface area contributed by atoms with Crippen LogP contribution in [0.1, 0.15) is 17.3 Å². The van der Waals surface area contributed by atoms with E-state index in [4.69, 9.17) is 17.0 Å². The molecule has 92 valence electrons. The predicted molar refractivity (Wildman–Crippen MR) is 73.0 cm³/mol. The number of pyridine rings is 1. The largest absolute Gasteiger partial charge is 0.462 e. The average Bonchev–Trinajstić information content (AvgIpc) is 2.39. The van der Waals surface area contributed by atoms with Gasteiger partial charge in [0, 0.05) is 11.8 Å². The van der Waals surface area contributed by atoms with E-state index in [0.29, 0.717) is 16.8 Å². The number of aromatic nitrogens is 1. The molecule has 2 rings (SSSR count). The molecule has 4 heteroatoms. The Morgan fingerprint density at radius 1 is 1.28 bits per heavy atom. The molecule has 0 aliphatic carbocycles. The van der Waals surface area contributed by atoms with Gasteiger partial charge >= 0.3 is 5.97 Å². The molecule has 0 saturated heterocycles. The fraction of sp³-hybridized carbons (Fsp3) is 0.143. The van der Waals surface area contributed by atoms with Crippen molar-refractivity contribution in [2.75, 3.05) is 6.61 Å².